The highest BCUT2D eigenvalue weighted by Crippen LogP contribution is 2.71. The Morgan fingerprint density at radius 3 is 1.01 bits per heavy atom. The van der Waals surface area contributed by atoms with E-state index >= 15 is 0 Å². The lowest BCUT2D eigenvalue weighted by Crippen LogP contribution is -2.62. The molecule has 0 aromatic carbocycles. The van der Waals surface area contributed by atoms with Crippen molar-refractivity contribution in [3.05, 3.63) is 0 Å². The predicted molar refractivity (Wildman–Crippen MR) is 311 cm³/mol. The average molecular weight is 962 g/mol. The van der Waals surface area contributed by atoms with Crippen molar-refractivity contribution in [3.63, 3.8) is 0 Å². The molecule has 4 saturated carbocycles. The Kier molecular flexibility index (Phi) is 19.9. The third-order valence-corrected chi connectivity index (χ3v) is 26.7. The van der Waals surface area contributed by atoms with E-state index in [9.17, 15) is 0 Å². The van der Waals surface area contributed by atoms with Gasteiger partial charge in [-0.05, 0) is 183 Å². The molecule has 0 aromatic rings. The molecule has 4 aliphatic rings. The molecule has 0 aromatic heterocycles. The van der Waals surface area contributed by atoms with Crippen LogP contribution >= 0.6 is 0 Å². The Labute approximate surface area is 438 Å². The fraction of sp³-hybridized carbons (Fsp3) is 1.00. The summed E-state index contributed by atoms with van der Waals surface area (Å²) in [5, 5.41) is 0. The summed E-state index contributed by atoms with van der Waals surface area (Å²) in [6, 6.07) is 0. The minimum atomic E-state index is 0.0997. The Balaban J connectivity index is 1.41. The fourth-order valence-corrected chi connectivity index (χ4v) is 18.5. The van der Waals surface area contributed by atoms with Crippen LogP contribution in [0.4, 0.5) is 0 Å². The monoisotopic (exact) mass is 961 g/mol. The second kappa shape index (κ2) is 22.3. The highest BCUT2D eigenvalue weighted by atomic mass is 14.7. The first-order valence-electron chi connectivity index (χ1n) is 31.2. The Hall–Kier alpha value is 0. The minimum absolute atomic E-state index is 0.0997. The molecule has 0 heterocycles. The van der Waals surface area contributed by atoms with Crippen molar-refractivity contribution in [2.45, 2.75) is 315 Å². The first kappa shape index (κ1) is 61.5. The molecule has 69 heavy (non-hydrogen) atoms. The molecule has 0 aliphatic heterocycles. The summed E-state index contributed by atoms with van der Waals surface area (Å²) in [4.78, 5) is 0. The fourth-order valence-electron chi connectivity index (χ4n) is 18.5. The lowest BCUT2D eigenvalue weighted by atomic mass is 9.36. The molecule has 0 nitrogen and oxygen atoms in total. The zero-order valence-electron chi connectivity index (χ0n) is 52.8. The molecule has 10 atom stereocenters. The molecular weight excluding hydrogens is 829 g/mol. The second-order valence-electron chi connectivity index (χ2n) is 34.2. The average Bonchev–Trinajstić information content (AvgIpc) is 3.78. The van der Waals surface area contributed by atoms with Gasteiger partial charge in [-0.25, -0.2) is 0 Å². The predicted octanol–water partition coefficient (Wildman–Crippen LogP) is 23.0. The highest BCUT2D eigenvalue weighted by Gasteiger charge is 2.64. The van der Waals surface area contributed by atoms with Crippen LogP contribution in [0.5, 0.6) is 0 Å². The lowest BCUT2D eigenvalue weighted by Gasteiger charge is -2.69. The van der Waals surface area contributed by atoms with Crippen LogP contribution in [0.15, 0.2) is 0 Å². The van der Waals surface area contributed by atoms with Crippen LogP contribution in [-0.4, -0.2) is 0 Å². The summed E-state index contributed by atoms with van der Waals surface area (Å²) in [6.45, 7) is 68.2. The standard InChI is InChI=1S/C69H132/c1-48(2)40-53-39-38-50(5)59(53)47-62(11,12)46-58-35-30-29-34-57(58)45-61(9,10)44-56-33-28-27-32-55(56)43-60(7,8)42-54-37-31-36-52(54)41-51(6)64(15,16)66(19,20)68(23,24)69(25,26)67(21,22)65(17,18)63(13,14)49(3)4/h48-59H,27-47H2,1-26H3. The van der Waals surface area contributed by atoms with Gasteiger partial charge in [-0.3, -0.25) is 0 Å². The van der Waals surface area contributed by atoms with E-state index in [0.717, 1.165) is 59.2 Å². The van der Waals surface area contributed by atoms with Crippen LogP contribution in [0.25, 0.3) is 0 Å². The largest absolute Gasteiger partial charge is 0.0628 e. The van der Waals surface area contributed by atoms with E-state index in [-0.39, 0.29) is 37.9 Å². The maximum atomic E-state index is 2.72. The summed E-state index contributed by atoms with van der Waals surface area (Å²) < 4.78 is 0. The van der Waals surface area contributed by atoms with Gasteiger partial charge in [-0.1, -0.05) is 257 Å². The lowest BCUT2D eigenvalue weighted by molar-refractivity contribution is -0.207. The molecule has 0 radical (unpaired) electrons. The van der Waals surface area contributed by atoms with E-state index in [2.05, 4.69) is 180 Å². The quantitative estimate of drug-likeness (QED) is 0.0904. The van der Waals surface area contributed by atoms with Gasteiger partial charge < -0.3 is 0 Å². The van der Waals surface area contributed by atoms with Gasteiger partial charge in [0.05, 0.1) is 0 Å². The van der Waals surface area contributed by atoms with Crippen molar-refractivity contribution in [1.29, 1.82) is 0 Å². The van der Waals surface area contributed by atoms with E-state index in [1.54, 1.807) is 0 Å². The maximum Gasteiger partial charge on any atom is -0.0241 e. The first-order valence-corrected chi connectivity index (χ1v) is 31.2. The van der Waals surface area contributed by atoms with Gasteiger partial charge in [-0.15, -0.1) is 0 Å². The molecule has 0 saturated heterocycles. The molecule has 10 unspecified atom stereocenters. The molecule has 0 N–H and O–H groups in total. The summed E-state index contributed by atoms with van der Waals surface area (Å²) in [5.41, 5.74) is 2.37. The molecule has 408 valence electrons. The van der Waals surface area contributed by atoms with Gasteiger partial charge in [-0.2, -0.15) is 0 Å². The van der Waals surface area contributed by atoms with Crippen molar-refractivity contribution in [2.24, 2.45) is 125 Å². The first-order chi connectivity index (χ1) is 31.2. The normalized spacial score (nSPS) is 29.7. The summed E-state index contributed by atoms with van der Waals surface area (Å²) >= 11 is 0. The second-order valence-corrected chi connectivity index (χ2v) is 34.2. The zero-order chi connectivity index (χ0) is 52.8. The van der Waals surface area contributed by atoms with E-state index in [4.69, 9.17) is 0 Å². The van der Waals surface area contributed by atoms with Crippen molar-refractivity contribution in [3.8, 4) is 0 Å². The Bertz CT molecular complexity index is 1560. The number of hydrogen-bond donors (Lipinski definition) is 0. The minimum Gasteiger partial charge on any atom is -0.0628 e. The number of hydrogen-bond acceptors (Lipinski definition) is 0. The van der Waals surface area contributed by atoms with Crippen LogP contribution in [0.2, 0.25) is 0 Å². The van der Waals surface area contributed by atoms with Gasteiger partial charge in [0.1, 0.15) is 0 Å². The number of rotatable bonds is 24. The van der Waals surface area contributed by atoms with Crippen LogP contribution in [-0.2, 0) is 0 Å². The third-order valence-electron chi connectivity index (χ3n) is 26.7. The zero-order valence-corrected chi connectivity index (χ0v) is 52.8. The smallest absolute Gasteiger partial charge is 0.0241 e. The van der Waals surface area contributed by atoms with Crippen molar-refractivity contribution >= 4 is 0 Å². The van der Waals surface area contributed by atoms with E-state index in [1.165, 1.54) is 135 Å². The Morgan fingerprint density at radius 2 is 0.638 bits per heavy atom. The molecule has 0 amide bonds. The van der Waals surface area contributed by atoms with Gasteiger partial charge in [0, 0.05) is 0 Å². The van der Waals surface area contributed by atoms with Crippen LogP contribution in [0.3, 0.4) is 0 Å². The SMILES string of the molecule is CC(C)CC1CCC(C)C1CC(C)(C)CC1CCCCC1CC(C)(C)CC1CCCCC1CC(C)(C)CC1CCCC1CC(C)C(C)(C)C(C)(C)C(C)(C)C(C)(C)C(C)(C)C(C)(C)C(C)(C)C(C)C. The van der Waals surface area contributed by atoms with Crippen LogP contribution in [0.1, 0.15) is 315 Å². The highest BCUT2D eigenvalue weighted by molar-refractivity contribution is 5.13. The summed E-state index contributed by atoms with van der Waals surface area (Å²) in [7, 11) is 0. The van der Waals surface area contributed by atoms with Gasteiger partial charge in [0.2, 0.25) is 0 Å². The summed E-state index contributed by atoms with van der Waals surface area (Å²) in [5.74, 6) is 10.5. The van der Waals surface area contributed by atoms with Gasteiger partial charge in [0.15, 0.2) is 0 Å². The molecule has 0 spiro atoms. The summed E-state index contributed by atoms with van der Waals surface area (Å²) in [6.07, 6.45) is 30.9. The van der Waals surface area contributed by atoms with Crippen molar-refractivity contribution in [1.82, 2.24) is 0 Å². The molecule has 4 aliphatic carbocycles. The van der Waals surface area contributed by atoms with E-state index in [1.807, 2.05) is 0 Å². The van der Waals surface area contributed by atoms with E-state index < -0.39 is 0 Å². The molecular formula is C69H132. The Morgan fingerprint density at radius 1 is 0.319 bits per heavy atom. The topological polar surface area (TPSA) is 0 Å². The van der Waals surface area contributed by atoms with Gasteiger partial charge in [0.25, 0.3) is 0 Å². The van der Waals surface area contributed by atoms with E-state index in [0.29, 0.717) is 28.1 Å². The molecule has 0 heteroatoms. The maximum absolute atomic E-state index is 2.72. The molecule has 4 rings (SSSR count). The molecule has 4 fully saturated rings. The van der Waals surface area contributed by atoms with Crippen LogP contribution in [0, 0.1) is 125 Å². The van der Waals surface area contributed by atoms with Crippen molar-refractivity contribution in [2.75, 3.05) is 0 Å². The van der Waals surface area contributed by atoms with Crippen LogP contribution < -0.4 is 0 Å². The van der Waals surface area contributed by atoms with Crippen molar-refractivity contribution < 1.29 is 0 Å². The molecule has 0 bridgehead atoms. The van der Waals surface area contributed by atoms with Gasteiger partial charge >= 0.3 is 0 Å². The third kappa shape index (κ3) is 13.3.